The maximum atomic E-state index is 13.8. The third kappa shape index (κ3) is 5.04. The molecule has 2 aromatic carbocycles. The van der Waals surface area contributed by atoms with Crippen molar-refractivity contribution >= 4 is 29.6 Å². The fraction of sp³-hybridized carbons (Fsp3) is 0.167. The lowest BCUT2D eigenvalue weighted by Crippen LogP contribution is -2.27. The molecular formula is C18H18FN3O4. The third-order valence-corrected chi connectivity index (χ3v) is 3.39. The van der Waals surface area contributed by atoms with Gasteiger partial charge in [-0.1, -0.05) is 35.5 Å². The number of para-hydroxylation sites is 2. The van der Waals surface area contributed by atoms with Crippen LogP contribution in [0.4, 0.5) is 20.6 Å². The van der Waals surface area contributed by atoms with E-state index in [2.05, 4.69) is 15.3 Å². The lowest BCUT2D eigenvalue weighted by Gasteiger charge is -2.18. The van der Waals surface area contributed by atoms with E-state index < -0.39 is 17.8 Å². The first kappa shape index (κ1) is 18.9. The summed E-state index contributed by atoms with van der Waals surface area (Å²) in [7, 11) is 2.74. The summed E-state index contributed by atoms with van der Waals surface area (Å²) in [4.78, 5) is 29.4. The fourth-order valence-electron chi connectivity index (χ4n) is 2.09. The number of amides is 2. The first-order valence-corrected chi connectivity index (χ1v) is 7.63. The number of anilines is 2. The highest BCUT2D eigenvalue weighted by Crippen LogP contribution is 2.20. The predicted molar refractivity (Wildman–Crippen MR) is 95.6 cm³/mol. The van der Waals surface area contributed by atoms with Crippen molar-refractivity contribution in [2.45, 2.75) is 6.61 Å². The van der Waals surface area contributed by atoms with Gasteiger partial charge in [0, 0.05) is 18.3 Å². The topological polar surface area (TPSA) is 80.2 Å². The fourth-order valence-corrected chi connectivity index (χ4v) is 2.09. The molecule has 0 aliphatic heterocycles. The van der Waals surface area contributed by atoms with Crippen LogP contribution in [0.2, 0.25) is 0 Å². The van der Waals surface area contributed by atoms with Crippen LogP contribution in [0.25, 0.3) is 0 Å². The molecule has 0 atom stereocenters. The van der Waals surface area contributed by atoms with Crippen molar-refractivity contribution in [2.75, 3.05) is 24.4 Å². The smallest absolute Gasteiger partial charge is 0.414 e. The Bertz CT molecular complexity index is 811. The van der Waals surface area contributed by atoms with Crippen LogP contribution in [0.5, 0.6) is 0 Å². The maximum absolute atomic E-state index is 13.8. The molecule has 26 heavy (non-hydrogen) atoms. The van der Waals surface area contributed by atoms with Crippen LogP contribution in [0.1, 0.15) is 5.56 Å². The van der Waals surface area contributed by atoms with Crippen molar-refractivity contribution in [3.05, 3.63) is 59.9 Å². The number of hydrogen-bond acceptors (Lipinski definition) is 5. The van der Waals surface area contributed by atoms with Gasteiger partial charge < -0.3 is 14.9 Å². The average molecular weight is 359 g/mol. The molecule has 2 aromatic rings. The summed E-state index contributed by atoms with van der Waals surface area (Å²) >= 11 is 0. The van der Waals surface area contributed by atoms with E-state index in [1.54, 1.807) is 30.3 Å². The second kappa shape index (κ2) is 9.16. The molecule has 7 nitrogen and oxygen atoms in total. The molecule has 0 spiro atoms. The van der Waals surface area contributed by atoms with E-state index in [0.717, 1.165) is 11.1 Å². The monoisotopic (exact) mass is 359 g/mol. The highest BCUT2D eigenvalue weighted by Gasteiger charge is 2.16. The van der Waals surface area contributed by atoms with Gasteiger partial charge in [0.1, 0.15) is 25.7 Å². The van der Waals surface area contributed by atoms with Crippen molar-refractivity contribution in [1.82, 2.24) is 0 Å². The molecule has 0 heterocycles. The van der Waals surface area contributed by atoms with Gasteiger partial charge in [-0.15, -0.1) is 0 Å². The molecule has 136 valence electrons. The molecule has 0 saturated heterocycles. The predicted octanol–water partition coefficient (Wildman–Crippen LogP) is 3.17. The molecule has 0 unspecified atom stereocenters. The van der Waals surface area contributed by atoms with Crippen LogP contribution in [0.3, 0.4) is 0 Å². The van der Waals surface area contributed by atoms with Gasteiger partial charge in [-0.3, -0.25) is 9.69 Å². The van der Waals surface area contributed by atoms with Crippen LogP contribution in [0, 0.1) is 5.82 Å². The average Bonchev–Trinajstić information content (AvgIpc) is 2.65. The summed E-state index contributed by atoms with van der Waals surface area (Å²) in [6, 6.07) is 12.7. The van der Waals surface area contributed by atoms with E-state index in [9.17, 15) is 14.0 Å². The maximum Gasteiger partial charge on any atom is 0.414 e. The van der Waals surface area contributed by atoms with Gasteiger partial charge in [0.25, 0.3) is 5.91 Å². The number of oxime groups is 1. The van der Waals surface area contributed by atoms with Gasteiger partial charge in [-0.25, -0.2) is 9.18 Å². The zero-order valence-electron chi connectivity index (χ0n) is 14.3. The number of carbonyl (C=O) groups is 2. The summed E-state index contributed by atoms with van der Waals surface area (Å²) in [5, 5.41) is 5.98. The summed E-state index contributed by atoms with van der Waals surface area (Å²) in [6.45, 7) is -0.102. The van der Waals surface area contributed by atoms with Gasteiger partial charge in [0.05, 0.1) is 5.69 Å². The molecular weight excluding hydrogens is 341 g/mol. The lowest BCUT2D eigenvalue weighted by atomic mass is 10.2. The van der Waals surface area contributed by atoms with Gasteiger partial charge in [0.2, 0.25) is 0 Å². The molecule has 0 aliphatic rings. The van der Waals surface area contributed by atoms with Gasteiger partial charge >= 0.3 is 6.09 Å². The number of carbonyl (C=O) groups excluding carboxylic acids is 2. The number of rotatable bonds is 6. The molecule has 8 heteroatoms. The van der Waals surface area contributed by atoms with Gasteiger partial charge in [0.15, 0.2) is 0 Å². The van der Waals surface area contributed by atoms with Crippen LogP contribution in [-0.2, 0) is 21.0 Å². The van der Waals surface area contributed by atoms with Gasteiger partial charge in [-0.2, -0.15) is 0 Å². The number of ether oxygens (including phenoxy) is 1. The number of benzene rings is 2. The second-order valence-electron chi connectivity index (χ2n) is 5.13. The first-order chi connectivity index (χ1) is 12.5. The van der Waals surface area contributed by atoms with Crippen molar-refractivity contribution < 1.29 is 23.6 Å². The Morgan fingerprint density at radius 2 is 1.88 bits per heavy atom. The highest BCUT2D eigenvalue weighted by atomic mass is 19.1. The molecule has 0 aliphatic carbocycles. The second-order valence-corrected chi connectivity index (χ2v) is 5.13. The van der Waals surface area contributed by atoms with E-state index in [1.165, 1.54) is 32.4 Å². The Kier molecular flexibility index (Phi) is 6.67. The van der Waals surface area contributed by atoms with E-state index in [0.29, 0.717) is 11.3 Å². The van der Waals surface area contributed by atoms with E-state index in [-0.39, 0.29) is 12.3 Å². The molecule has 0 aromatic heterocycles. The minimum atomic E-state index is -0.725. The Hall–Kier alpha value is -3.42. The summed E-state index contributed by atoms with van der Waals surface area (Å²) in [5.74, 6) is -1.02. The number of nitrogens with zero attached hydrogens (tertiary/aromatic N) is 2. The van der Waals surface area contributed by atoms with Crippen molar-refractivity contribution in [3.8, 4) is 0 Å². The third-order valence-electron chi connectivity index (χ3n) is 3.39. The molecule has 2 amide bonds. The van der Waals surface area contributed by atoms with Crippen molar-refractivity contribution in [2.24, 2.45) is 5.16 Å². The van der Waals surface area contributed by atoms with E-state index >= 15 is 0 Å². The molecule has 0 bridgehead atoms. The van der Waals surface area contributed by atoms with Crippen LogP contribution >= 0.6 is 0 Å². The summed E-state index contributed by atoms with van der Waals surface area (Å²) < 4.78 is 19.0. The zero-order chi connectivity index (χ0) is 18.9. The van der Waals surface area contributed by atoms with Crippen LogP contribution in [-0.4, -0.2) is 32.4 Å². The van der Waals surface area contributed by atoms with Crippen molar-refractivity contribution in [1.29, 1.82) is 0 Å². The SMILES string of the molecule is CON=CC(=O)Nc1ccccc1COC(=O)N(C)c1ccccc1F. The summed E-state index contributed by atoms with van der Waals surface area (Å²) in [6.07, 6.45) is 0.256. The quantitative estimate of drug-likeness (QED) is 0.635. The first-order valence-electron chi connectivity index (χ1n) is 7.63. The Labute approximate surface area is 150 Å². The minimum Gasteiger partial charge on any atom is -0.444 e. The van der Waals surface area contributed by atoms with E-state index in [1.807, 2.05) is 0 Å². The molecule has 0 saturated carbocycles. The van der Waals surface area contributed by atoms with Crippen molar-refractivity contribution in [3.63, 3.8) is 0 Å². The number of nitrogens with one attached hydrogen (secondary N) is 1. The lowest BCUT2D eigenvalue weighted by molar-refractivity contribution is -0.110. The molecule has 2 rings (SSSR count). The number of halogens is 1. The molecule has 0 fully saturated rings. The Balaban J connectivity index is 2.03. The largest absolute Gasteiger partial charge is 0.444 e. The van der Waals surface area contributed by atoms with E-state index in [4.69, 9.17) is 4.74 Å². The normalized spacial score (nSPS) is 10.4. The Morgan fingerprint density at radius 1 is 1.19 bits per heavy atom. The van der Waals surface area contributed by atoms with Gasteiger partial charge in [-0.05, 0) is 18.2 Å². The van der Waals surface area contributed by atoms with Crippen LogP contribution in [0.15, 0.2) is 53.7 Å². The number of hydrogen-bond donors (Lipinski definition) is 1. The zero-order valence-corrected chi connectivity index (χ0v) is 14.3. The van der Waals surface area contributed by atoms with Crippen LogP contribution < -0.4 is 10.2 Å². The minimum absolute atomic E-state index is 0.102. The molecule has 0 radical (unpaired) electrons. The standard InChI is InChI=1S/C18H18FN3O4/c1-22(16-10-6-4-8-14(16)19)18(24)26-12-13-7-3-5-9-15(13)21-17(23)11-20-25-2/h3-11H,12H2,1-2H3,(H,21,23). The Morgan fingerprint density at radius 3 is 2.62 bits per heavy atom. The summed E-state index contributed by atoms with van der Waals surface area (Å²) in [5.41, 5.74) is 1.14. The highest BCUT2D eigenvalue weighted by molar-refractivity contribution is 6.31. The molecule has 1 N–H and O–H groups in total.